The normalized spacial score (nSPS) is 12.8. The molecule has 0 fully saturated rings. The average molecular weight is 258 g/mol. The number of aromatic nitrogens is 1. The summed E-state index contributed by atoms with van der Waals surface area (Å²) in [6.45, 7) is 10.5. The lowest BCUT2D eigenvalue weighted by atomic mass is 10.1. The largest absolute Gasteiger partial charge is 0.351 e. The van der Waals surface area contributed by atoms with E-state index in [4.69, 9.17) is 0 Å². The Morgan fingerprint density at radius 1 is 1.47 bits per heavy atom. The molecule has 3 heteroatoms. The molecule has 0 saturated carbocycles. The van der Waals surface area contributed by atoms with E-state index in [2.05, 4.69) is 30.7 Å². The van der Waals surface area contributed by atoms with E-state index in [1.807, 2.05) is 25.1 Å². The highest BCUT2D eigenvalue weighted by Crippen LogP contribution is 1.97. The topological polar surface area (TPSA) is 42.0 Å². The highest BCUT2D eigenvalue weighted by molar-refractivity contribution is 5.92. The van der Waals surface area contributed by atoms with Crippen molar-refractivity contribution in [3.8, 4) is 0 Å². The maximum atomic E-state index is 11.9. The van der Waals surface area contributed by atoms with Crippen molar-refractivity contribution in [3.63, 3.8) is 0 Å². The number of hydrogen-bond donors (Lipinski definition) is 1. The Kier molecular flexibility index (Phi) is 6.00. The van der Waals surface area contributed by atoms with Crippen molar-refractivity contribution in [3.05, 3.63) is 41.0 Å². The van der Waals surface area contributed by atoms with E-state index in [9.17, 15) is 4.79 Å². The first kappa shape index (κ1) is 15.2. The van der Waals surface area contributed by atoms with Crippen molar-refractivity contribution in [2.24, 2.45) is 5.92 Å². The lowest BCUT2D eigenvalue weighted by molar-refractivity contribution is 0.0947. The SMILES string of the molecule is C=C/C=c1/ccc(C(=O)NCCC(C)C)n/c1=C/C. The van der Waals surface area contributed by atoms with Crippen molar-refractivity contribution in [1.29, 1.82) is 0 Å². The molecule has 0 aliphatic rings. The van der Waals surface area contributed by atoms with Gasteiger partial charge in [-0.25, -0.2) is 4.98 Å². The van der Waals surface area contributed by atoms with Crippen LogP contribution in [0.5, 0.6) is 0 Å². The Morgan fingerprint density at radius 2 is 2.21 bits per heavy atom. The van der Waals surface area contributed by atoms with Crippen LogP contribution in [0.1, 0.15) is 37.7 Å². The first-order valence-corrected chi connectivity index (χ1v) is 6.62. The van der Waals surface area contributed by atoms with Crippen LogP contribution in [0.2, 0.25) is 0 Å². The standard InChI is InChI=1S/C16H22N2O/c1-5-7-13-8-9-15(18-14(13)6-2)16(19)17-11-10-12(3)4/h5-9,12H,1,10-11H2,2-4H3,(H,17,19)/b13-7-,14-6+. The Balaban J connectivity index is 2.88. The highest BCUT2D eigenvalue weighted by Gasteiger charge is 2.06. The number of allylic oxidation sites excluding steroid dienone is 1. The lowest BCUT2D eigenvalue weighted by Gasteiger charge is -2.06. The Bertz CT molecular complexity index is 559. The zero-order valence-corrected chi connectivity index (χ0v) is 11.9. The van der Waals surface area contributed by atoms with Crippen molar-refractivity contribution < 1.29 is 4.79 Å². The predicted octanol–water partition coefficient (Wildman–Crippen LogP) is 1.62. The van der Waals surface area contributed by atoms with Gasteiger partial charge >= 0.3 is 0 Å². The summed E-state index contributed by atoms with van der Waals surface area (Å²) in [7, 11) is 0. The number of nitrogens with zero attached hydrogens (tertiary/aromatic N) is 1. The van der Waals surface area contributed by atoms with Gasteiger partial charge < -0.3 is 5.32 Å². The first-order valence-electron chi connectivity index (χ1n) is 6.62. The molecule has 0 unspecified atom stereocenters. The Morgan fingerprint density at radius 3 is 2.79 bits per heavy atom. The van der Waals surface area contributed by atoms with Gasteiger partial charge in [-0.05, 0) is 30.5 Å². The third kappa shape index (κ3) is 4.70. The molecule has 0 aliphatic heterocycles. The van der Waals surface area contributed by atoms with E-state index in [1.54, 1.807) is 12.1 Å². The minimum Gasteiger partial charge on any atom is -0.351 e. The summed E-state index contributed by atoms with van der Waals surface area (Å²) in [5.74, 6) is 0.464. The van der Waals surface area contributed by atoms with Crippen LogP contribution in [-0.4, -0.2) is 17.4 Å². The molecule has 0 aliphatic carbocycles. The van der Waals surface area contributed by atoms with Gasteiger partial charge in [0.25, 0.3) is 5.91 Å². The van der Waals surface area contributed by atoms with E-state index in [-0.39, 0.29) is 5.91 Å². The molecule has 0 saturated heterocycles. The minimum absolute atomic E-state index is 0.117. The zero-order valence-electron chi connectivity index (χ0n) is 11.9. The Hall–Kier alpha value is -1.90. The van der Waals surface area contributed by atoms with Crippen molar-refractivity contribution >= 4 is 18.1 Å². The number of pyridine rings is 1. The molecule has 0 radical (unpaired) electrons. The fourth-order valence-corrected chi connectivity index (χ4v) is 1.68. The van der Waals surface area contributed by atoms with Gasteiger partial charge in [-0.2, -0.15) is 0 Å². The summed E-state index contributed by atoms with van der Waals surface area (Å²) in [5, 5.41) is 4.66. The lowest BCUT2D eigenvalue weighted by Crippen LogP contribution is -2.33. The van der Waals surface area contributed by atoms with Gasteiger partial charge in [0.2, 0.25) is 0 Å². The smallest absolute Gasteiger partial charge is 0.269 e. The molecule has 0 bridgehead atoms. The molecule has 1 rings (SSSR count). The number of amides is 1. The van der Waals surface area contributed by atoms with E-state index in [0.717, 1.165) is 17.0 Å². The Labute approximate surface area is 114 Å². The van der Waals surface area contributed by atoms with Crippen molar-refractivity contribution in [2.75, 3.05) is 6.54 Å². The van der Waals surface area contributed by atoms with E-state index < -0.39 is 0 Å². The molecule has 0 atom stereocenters. The van der Waals surface area contributed by atoms with Crippen LogP contribution in [0.25, 0.3) is 12.2 Å². The van der Waals surface area contributed by atoms with Crippen LogP contribution in [0, 0.1) is 5.92 Å². The van der Waals surface area contributed by atoms with Gasteiger partial charge in [0.15, 0.2) is 0 Å². The van der Waals surface area contributed by atoms with Crippen LogP contribution in [0.3, 0.4) is 0 Å². The van der Waals surface area contributed by atoms with Crippen LogP contribution in [0.4, 0.5) is 0 Å². The maximum absolute atomic E-state index is 11.9. The third-order valence-corrected chi connectivity index (χ3v) is 2.77. The van der Waals surface area contributed by atoms with Crippen molar-refractivity contribution in [1.82, 2.24) is 10.3 Å². The van der Waals surface area contributed by atoms with Crippen LogP contribution in [0.15, 0.2) is 24.8 Å². The van der Waals surface area contributed by atoms with Crippen LogP contribution >= 0.6 is 0 Å². The summed E-state index contributed by atoms with van der Waals surface area (Å²) in [4.78, 5) is 16.3. The number of carbonyl (C=O) groups is 1. The van der Waals surface area contributed by atoms with Gasteiger partial charge in [-0.15, -0.1) is 0 Å². The molecule has 1 aromatic rings. The summed E-state index contributed by atoms with van der Waals surface area (Å²) in [6, 6.07) is 3.63. The van der Waals surface area contributed by atoms with Crippen molar-refractivity contribution in [2.45, 2.75) is 27.2 Å². The molecule has 1 N–H and O–H groups in total. The monoisotopic (exact) mass is 258 g/mol. The second kappa shape index (κ2) is 7.52. The minimum atomic E-state index is -0.117. The maximum Gasteiger partial charge on any atom is 0.269 e. The van der Waals surface area contributed by atoms with Gasteiger partial charge in [-0.1, -0.05) is 44.7 Å². The zero-order chi connectivity index (χ0) is 14.3. The second-order valence-corrected chi connectivity index (χ2v) is 4.80. The molecule has 19 heavy (non-hydrogen) atoms. The molecule has 1 heterocycles. The van der Waals surface area contributed by atoms with Gasteiger partial charge in [0.1, 0.15) is 5.69 Å². The van der Waals surface area contributed by atoms with Gasteiger partial charge in [0, 0.05) is 6.54 Å². The summed E-state index contributed by atoms with van der Waals surface area (Å²) < 4.78 is 0. The summed E-state index contributed by atoms with van der Waals surface area (Å²) in [6.07, 6.45) is 6.45. The second-order valence-electron chi connectivity index (χ2n) is 4.80. The van der Waals surface area contributed by atoms with E-state index >= 15 is 0 Å². The molecule has 102 valence electrons. The van der Waals surface area contributed by atoms with Gasteiger partial charge in [0.05, 0.1) is 5.35 Å². The number of carbonyl (C=O) groups excluding carboxylic acids is 1. The molecular weight excluding hydrogens is 236 g/mol. The van der Waals surface area contributed by atoms with E-state index in [1.165, 1.54) is 0 Å². The fourth-order valence-electron chi connectivity index (χ4n) is 1.68. The van der Waals surface area contributed by atoms with Crippen LogP contribution < -0.4 is 15.9 Å². The number of nitrogens with one attached hydrogen (secondary N) is 1. The van der Waals surface area contributed by atoms with Crippen LogP contribution in [-0.2, 0) is 0 Å². The highest BCUT2D eigenvalue weighted by atomic mass is 16.1. The third-order valence-electron chi connectivity index (χ3n) is 2.77. The molecule has 0 aromatic carbocycles. The molecule has 1 amide bonds. The fraction of sp³-hybridized carbons (Fsp3) is 0.375. The summed E-state index contributed by atoms with van der Waals surface area (Å²) in [5.41, 5.74) is 0.457. The quantitative estimate of drug-likeness (QED) is 0.872. The molecule has 0 spiro atoms. The van der Waals surface area contributed by atoms with E-state index in [0.29, 0.717) is 18.2 Å². The molecule has 3 nitrogen and oxygen atoms in total. The number of rotatable bonds is 5. The number of hydrogen-bond acceptors (Lipinski definition) is 2. The van der Waals surface area contributed by atoms with Gasteiger partial charge in [-0.3, -0.25) is 4.79 Å². The molecule has 1 aromatic heterocycles. The average Bonchev–Trinajstić information content (AvgIpc) is 2.39. The predicted molar refractivity (Wildman–Crippen MR) is 80.1 cm³/mol. The first-order chi connectivity index (χ1) is 9.08. The summed E-state index contributed by atoms with van der Waals surface area (Å²) >= 11 is 0. The molecular formula is C16H22N2O.